The zero-order chi connectivity index (χ0) is 18.7. The molecule has 0 aliphatic heterocycles. The summed E-state index contributed by atoms with van der Waals surface area (Å²) in [5.74, 6) is 0.00616. The second kappa shape index (κ2) is 7.32. The summed E-state index contributed by atoms with van der Waals surface area (Å²) in [4.78, 5) is 12.7. The molecule has 134 valence electrons. The number of rotatable bonds is 5. The van der Waals surface area contributed by atoms with Crippen LogP contribution in [-0.2, 0) is 5.60 Å². The van der Waals surface area contributed by atoms with Crippen LogP contribution in [0.4, 0.5) is 0 Å². The molecule has 1 aromatic heterocycles. The molecule has 0 aliphatic rings. The summed E-state index contributed by atoms with van der Waals surface area (Å²) in [5.41, 5.74) is 0.818. The van der Waals surface area contributed by atoms with E-state index in [1.165, 1.54) is 0 Å². The molecule has 5 nitrogen and oxygen atoms in total. The van der Waals surface area contributed by atoms with Crippen molar-refractivity contribution in [2.24, 2.45) is 0 Å². The average molecular weight is 371 g/mol. The molecule has 0 spiro atoms. The van der Waals surface area contributed by atoms with Crippen LogP contribution in [0.25, 0.3) is 11.3 Å². The van der Waals surface area contributed by atoms with Crippen LogP contribution >= 0.6 is 11.6 Å². The van der Waals surface area contributed by atoms with Crippen LogP contribution in [0, 0.1) is 6.92 Å². The van der Waals surface area contributed by atoms with Crippen molar-refractivity contribution in [3.63, 3.8) is 0 Å². The number of aromatic nitrogens is 1. The number of nitrogens with zero attached hydrogens (tertiary/aromatic N) is 1. The first kappa shape index (κ1) is 18.2. The maximum Gasteiger partial charge on any atom is 0.257 e. The number of nitrogens with one attached hydrogen (secondary N) is 1. The van der Waals surface area contributed by atoms with Crippen molar-refractivity contribution in [1.29, 1.82) is 0 Å². The van der Waals surface area contributed by atoms with Gasteiger partial charge in [-0.15, -0.1) is 0 Å². The molecule has 2 N–H and O–H groups in total. The minimum Gasteiger partial charge on any atom is -0.384 e. The third kappa shape index (κ3) is 3.64. The van der Waals surface area contributed by atoms with Crippen molar-refractivity contribution < 1.29 is 14.4 Å². The second-order valence-electron chi connectivity index (χ2n) is 6.26. The standard InChI is InChI=1S/C20H19ClN2O3/c1-13-17(18(23-26-13)15-10-6-7-11-16(15)21)19(24)22-12-20(2,25)14-8-4-3-5-9-14/h3-11,25H,12H2,1-2H3,(H,22,24). The zero-order valence-electron chi connectivity index (χ0n) is 14.5. The van der Waals surface area contributed by atoms with Crippen LogP contribution in [0.3, 0.4) is 0 Å². The van der Waals surface area contributed by atoms with E-state index < -0.39 is 5.60 Å². The molecule has 0 radical (unpaired) electrons. The van der Waals surface area contributed by atoms with Gasteiger partial charge in [0.1, 0.15) is 22.6 Å². The molecule has 1 atom stereocenters. The van der Waals surface area contributed by atoms with Crippen molar-refractivity contribution in [2.75, 3.05) is 6.54 Å². The highest BCUT2D eigenvalue weighted by Crippen LogP contribution is 2.31. The number of benzene rings is 2. The van der Waals surface area contributed by atoms with Crippen LogP contribution in [0.5, 0.6) is 0 Å². The molecule has 0 fully saturated rings. The highest BCUT2D eigenvalue weighted by atomic mass is 35.5. The van der Waals surface area contributed by atoms with E-state index in [0.717, 1.165) is 0 Å². The number of aryl methyl sites for hydroxylation is 1. The minimum absolute atomic E-state index is 0.0441. The van der Waals surface area contributed by atoms with Gasteiger partial charge in [0.05, 0.1) is 11.6 Å². The van der Waals surface area contributed by atoms with Gasteiger partial charge in [0.2, 0.25) is 0 Å². The van der Waals surface area contributed by atoms with Gasteiger partial charge < -0.3 is 14.9 Å². The fraction of sp³-hybridized carbons (Fsp3) is 0.200. The third-order valence-corrected chi connectivity index (χ3v) is 4.54. The van der Waals surface area contributed by atoms with E-state index in [1.807, 2.05) is 36.4 Å². The Morgan fingerprint density at radius 1 is 1.19 bits per heavy atom. The predicted molar refractivity (Wildman–Crippen MR) is 100 cm³/mol. The fourth-order valence-corrected chi connectivity index (χ4v) is 2.94. The molecule has 26 heavy (non-hydrogen) atoms. The molecule has 3 aromatic rings. The minimum atomic E-state index is -1.20. The molecule has 1 heterocycles. The van der Waals surface area contributed by atoms with E-state index in [0.29, 0.717) is 33.2 Å². The lowest BCUT2D eigenvalue weighted by atomic mass is 9.96. The first-order valence-corrected chi connectivity index (χ1v) is 8.55. The van der Waals surface area contributed by atoms with E-state index in [1.54, 1.807) is 32.0 Å². The summed E-state index contributed by atoms with van der Waals surface area (Å²) in [6.45, 7) is 3.36. The largest absolute Gasteiger partial charge is 0.384 e. The first-order chi connectivity index (χ1) is 12.4. The number of carbonyl (C=O) groups is 1. The van der Waals surface area contributed by atoms with Gasteiger partial charge in [-0.25, -0.2) is 0 Å². The summed E-state index contributed by atoms with van der Waals surface area (Å²) >= 11 is 6.22. The van der Waals surface area contributed by atoms with E-state index in [2.05, 4.69) is 10.5 Å². The van der Waals surface area contributed by atoms with Crippen molar-refractivity contribution in [3.05, 3.63) is 76.5 Å². The van der Waals surface area contributed by atoms with Crippen LogP contribution < -0.4 is 5.32 Å². The topological polar surface area (TPSA) is 75.4 Å². The van der Waals surface area contributed by atoms with Gasteiger partial charge in [-0.2, -0.15) is 0 Å². The van der Waals surface area contributed by atoms with E-state index in [9.17, 15) is 9.90 Å². The van der Waals surface area contributed by atoms with Crippen LogP contribution in [-0.4, -0.2) is 22.7 Å². The molecule has 6 heteroatoms. The van der Waals surface area contributed by atoms with E-state index >= 15 is 0 Å². The smallest absolute Gasteiger partial charge is 0.257 e. The van der Waals surface area contributed by atoms with E-state index in [-0.39, 0.29) is 12.5 Å². The number of amides is 1. The third-order valence-electron chi connectivity index (χ3n) is 4.21. The summed E-state index contributed by atoms with van der Waals surface area (Å²) in [6, 6.07) is 16.3. The van der Waals surface area contributed by atoms with Gasteiger partial charge in [0.15, 0.2) is 0 Å². The van der Waals surface area contributed by atoms with Crippen molar-refractivity contribution in [1.82, 2.24) is 10.5 Å². The lowest BCUT2D eigenvalue weighted by molar-refractivity contribution is 0.0526. The Bertz CT molecular complexity index is 920. The molecule has 3 rings (SSSR count). The van der Waals surface area contributed by atoms with Crippen LogP contribution in [0.1, 0.15) is 28.6 Å². The van der Waals surface area contributed by atoms with Crippen molar-refractivity contribution in [2.45, 2.75) is 19.4 Å². The summed E-state index contributed by atoms with van der Waals surface area (Å²) in [6.07, 6.45) is 0. The fourth-order valence-electron chi connectivity index (χ4n) is 2.72. The second-order valence-corrected chi connectivity index (χ2v) is 6.67. The monoisotopic (exact) mass is 370 g/mol. The van der Waals surface area contributed by atoms with Gasteiger partial charge in [-0.05, 0) is 25.5 Å². The lowest BCUT2D eigenvalue weighted by Crippen LogP contribution is -2.38. The van der Waals surface area contributed by atoms with Crippen LogP contribution in [0.2, 0.25) is 5.02 Å². The summed E-state index contributed by atoms with van der Waals surface area (Å²) < 4.78 is 5.21. The quantitative estimate of drug-likeness (QED) is 0.713. The van der Waals surface area contributed by atoms with Crippen molar-refractivity contribution >= 4 is 17.5 Å². The summed E-state index contributed by atoms with van der Waals surface area (Å²) in [7, 11) is 0. The Balaban J connectivity index is 1.83. The number of hydrogen-bond donors (Lipinski definition) is 2. The van der Waals surface area contributed by atoms with E-state index in [4.69, 9.17) is 16.1 Å². The zero-order valence-corrected chi connectivity index (χ0v) is 15.2. The Morgan fingerprint density at radius 3 is 2.54 bits per heavy atom. The maximum atomic E-state index is 12.7. The number of aliphatic hydroxyl groups is 1. The number of hydrogen-bond acceptors (Lipinski definition) is 4. The van der Waals surface area contributed by atoms with Gasteiger partial charge in [0, 0.05) is 5.56 Å². The molecule has 0 bridgehead atoms. The molecule has 0 aliphatic carbocycles. The molecular weight excluding hydrogens is 352 g/mol. The highest BCUT2D eigenvalue weighted by molar-refractivity contribution is 6.33. The Morgan fingerprint density at radius 2 is 1.85 bits per heavy atom. The first-order valence-electron chi connectivity index (χ1n) is 8.17. The SMILES string of the molecule is Cc1onc(-c2ccccc2Cl)c1C(=O)NCC(C)(O)c1ccccc1. The Labute approximate surface area is 156 Å². The molecule has 1 amide bonds. The van der Waals surface area contributed by atoms with Crippen LogP contribution in [0.15, 0.2) is 59.1 Å². The highest BCUT2D eigenvalue weighted by Gasteiger charge is 2.27. The van der Waals surface area contributed by atoms with Crippen molar-refractivity contribution in [3.8, 4) is 11.3 Å². The van der Waals surface area contributed by atoms with Gasteiger partial charge in [-0.1, -0.05) is 65.3 Å². The number of halogens is 1. The Kier molecular flexibility index (Phi) is 5.11. The molecule has 0 saturated carbocycles. The summed E-state index contributed by atoms with van der Waals surface area (Å²) in [5, 5.41) is 17.9. The average Bonchev–Trinajstić information content (AvgIpc) is 3.02. The maximum absolute atomic E-state index is 12.7. The number of carbonyl (C=O) groups excluding carboxylic acids is 1. The lowest BCUT2D eigenvalue weighted by Gasteiger charge is -2.24. The van der Waals surface area contributed by atoms with Gasteiger partial charge in [-0.3, -0.25) is 4.79 Å². The van der Waals surface area contributed by atoms with Gasteiger partial charge in [0.25, 0.3) is 5.91 Å². The molecule has 2 aromatic carbocycles. The van der Waals surface area contributed by atoms with Gasteiger partial charge >= 0.3 is 0 Å². The molecule has 1 unspecified atom stereocenters. The normalized spacial score (nSPS) is 13.2. The predicted octanol–water partition coefficient (Wildman–Crippen LogP) is 3.94. The molecular formula is C20H19ClN2O3. The molecule has 0 saturated heterocycles. The Hall–Kier alpha value is -2.63.